The van der Waals surface area contributed by atoms with Gasteiger partial charge in [0.1, 0.15) is 0 Å². The number of aryl methyl sites for hydroxylation is 1. The molecule has 1 aliphatic carbocycles. The van der Waals surface area contributed by atoms with E-state index in [1.54, 1.807) is 0 Å². The number of rotatable bonds is 3. The van der Waals surface area contributed by atoms with Crippen molar-refractivity contribution in [3.05, 3.63) is 168 Å². The summed E-state index contributed by atoms with van der Waals surface area (Å²) < 4.78 is 0. The Hall–Kier alpha value is -5.46. The molecule has 0 saturated carbocycles. The van der Waals surface area contributed by atoms with Gasteiger partial charge < -0.3 is 0 Å². The summed E-state index contributed by atoms with van der Waals surface area (Å²) in [5, 5.41) is 7.69. The van der Waals surface area contributed by atoms with Crippen molar-refractivity contribution < 1.29 is 0 Å². The Morgan fingerprint density at radius 1 is 0.370 bits per heavy atom. The molecule has 0 aromatic heterocycles. The van der Waals surface area contributed by atoms with Crippen molar-refractivity contribution in [2.75, 3.05) is 0 Å². The van der Waals surface area contributed by atoms with E-state index >= 15 is 0 Å². The zero-order valence-corrected chi connectivity index (χ0v) is 26.4. The second-order valence-corrected chi connectivity index (χ2v) is 13.3. The summed E-state index contributed by atoms with van der Waals surface area (Å²) in [6.45, 7) is 6.92. The number of fused-ring (bicyclic) bond motifs is 6. The van der Waals surface area contributed by atoms with Gasteiger partial charge in [-0.05, 0) is 101 Å². The van der Waals surface area contributed by atoms with Crippen LogP contribution in [-0.4, -0.2) is 0 Å². The van der Waals surface area contributed by atoms with Gasteiger partial charge >= 0.3 is 0 Å². The maximum absolute atomic E-state index is 2.45. The lowest BCUT2D eigenvalue weighted by Gasteiger charge is -2.22. The van der Waals surface area contributed by atoms with E-state index in [9.17, 15) is 0 Å². The topological polar surface area (TPSA) is 0 Å². The molecule has 8 aromatic rings. The normalized spacial score (nSPS) is 13.3. The summed E-state index contributed by atoms with van der Waals surface area (Å²) in [5.74, 6) is 0. The second-order valence-electron chi connectivity index (χ2n) is 13.3. The van der Waals surface area contributed by atoms with Crippen LogP contribution in [0.3, 0.4) is 0 Å². The van der Waals surface area contributed by atoms with Crippen LogP contribution in [0.2, 0.25) is 0 Å². The van der Waals surface area contributed by atoms with Crippen molar-refractivity contribution in [3.63, 3.8) is 0 Å². The Balaban J connectivity index is 1.37. The lowest BCUT2D eigenvalue weighted by atomic mass is 9.81. The van der Waals surface area contributed by atoms with Gasteiger partial charge in [0.05, 0.1) is 0 Å². The minimum Gasteiger partial charge on any atom is -0.0619 e. The molecule has 0 heteroatoms. The zero-order chi connectivity index (χ0) is 31.0. The van der Waals surface area contributed by atoms with E-state index < -0.39 is 0 Å². The average Bonchev–Trinajstić information content (AvgIpc) is 3.32. The number of hydrogen-bond donors (Lipinski definition) is 0. The van der Waals surface area contributed by atoms with Crippen molar-refractivity contribution in [3.8, 4) is 44.5 Å². The fourth-order valence-electron chi connectivity index (χ4n) is 8.17. The largest absolute Gasteiger partial charge is 0.0619 e. The Bertz CT molecular complexity index is 2500. The van der Waals surface area contributed by atoms with Crippen molar-refractivity contribution in [1.29, 1.82) is 0 Å². The first-order valence-electron chi connectivity index (χ1n) is 16.3. The molecule has 0 amide bonds. The molecule has 1 aliphatic rings. The lowest BCUT2D eigenvalue weighted by Crippen LogP contribution is -2.14. The van der Waals surface area contributed by atoms with E-state index in [4.69, 9.17) is 0 Å². The number of benzene rings is 8. The SMILES string of the molecule is Cc1ccc2c(-c3ccccc3-c3cccc4ccccc34)c3ccccc3c(-c3ccc4c(c3)-c3ccccc3C4(C)C)c2c1. The van der Waals surface area contributed by atoms with Gasteiger partial charge in [-0.3, -0.25) is 0 Å². The highest BCUT2D eigenvalue weighted by molar-refractivity contribution is 6.23. The third-order valence-electron chi connectivity index (χ3n) is 10.3. The molecule has 46 heavy (non-hydrogen) atoms. The molecule has 0 bridgehead atoms. The molecule has 0 fully saturated rings. The molecule has 0 heterocycles. The van der Waals surface area contributed by atoms with Gasteiger partial charge in [-0.25, -0.2) is 0 Å². The first-order chi connectivity index (χ1) is 22.5. The van der Waals surface area contributed by atoms with E-state index in [-0.39, 0.29) is 5.41 Å². The van der Waals surface area contributed by atoms with Gasteiger partial charge in [0.25, 0.3) is 0 Å². The van der Waals surface area contributed by atoms with Gasteiger partial charge in [-0.15, -0.1) is 0 Å². The molecule has 9 rings (SSSR count). The molecule has 218 valence electrons. The smallest absolute Gasteiger partial charge is 0.0158 e. The predicted molar refractivity (Wildman–Crippen MR) is 198 cm³/mol. The molecule has 0 nitrogen and oxygen atoms in total. The van der Waals surface area contributed by atoms with Gasteiger partial charge in [0, 0.05) is 5.41 Å². The van der Waals surface area contributed by atoms with Crippen LogP contribution < -0.4 is 0 Å². The highest BCUT2D eigenvalue weighted by Gasteiger charge is 2.35. The molecular formula is C46H34. The Labute approximate surface area is 270 Å². The van der Waals surface area contributed by atoms with E-state index in [0.29, 0.717) is 0 Å². The minimum absolute atomic E-state index is 0.0135. The van der Waals surface area contributed by atoms with Crippen molar-refractivity contribution in [2.24, 2.45) is 0 Å². The Morgan fingerprint density at radius 2 is 0.957 bits per heavy atom. The summed E-state index contributed by atoms with van der Waals surface area (Å²) in [5.41, 5.74) is 14.4. The molecule has 0 saturated heterocycles. The van der Waals surface area contributed by atoms with Crippen LogP contribution in [0.4, 0.5) is 0 Å². The monoisotopic (exact) mass is 586 g/mol. The Kier molecular flexibility index (Phi) is 5.86. The number of hydrogen-bond acceptors (Lipinski definition) is 0. The van der Waals surface area contributed by atoms with E-state index in [1.807, 2.05) is 0 Å². The van der Waals surface area contributed by atoms with Crippen LogP contribution in [0.25, 0.3) is 76.8 Å². The van der Waals surface area contributed by atoms with Crippen LogP contribution in [0.5, 0.6) is 0 Å². The first kappa shape index (κ1) is 26.9. The molecule has 0 radical (unpaired) electrons. The standard InChI is InChI=1S/C46H34/c1-29-23-25-39-41(27-29)44(31-24-26-43-40(28-31)35-17-10-11-22-42(35)46(43,2)3)37-19-8-9-20-38(37)45(39)36-18-7-6-16-34(36)33-21-12-14-30-13-4-5-15-32(30)33/h4-28H,1-3H3. The van der Waals surface area contributed by atoms with Crippen molar-refractivity contribution in [1.82, 2.24) is 0 Å². The van der Waals surface area contributed by atoms with Gasteiger partial charge in [-0.1, -0.05) is 165 Å². The molecular weight excluding hydrogens is 553 g/mol. The third kappa shape index (κ3) is 3.87. The van der Waals surface area contributed by atoms with Crippen molar-refractivity contribution in [2.45, 2.75) is 26.2 Å². The molecule has 8 aromatic carbocycles. The maximum atomic E-state index is 2.45. The van der Waals surface area contributed by atoms with E-state index in [1.165, 1.54) is 93.5 Å². The summed E-state index contributed by atoms with van der Waals surface area (Å²) in [6, 6.07) is 56.5. The minimum atomic E-state index is -0.0135. The van der Waals surface area contributed by atoms with Crippen molar-refractivity contribution >= 4 is 32.3 Å². The van der Waals surface area contributed by atoms with Gasteiger partial charge in [0.2, 0.25) is 0 Å². The highest BCUT2D eigenvalue weighted by atomic mass is 14.4. The predicted octanol–water partition coefficient (Wildman–Crippen LogP) is 12.8. The summed E-state index contributed by atoms with van der Waals surface area (Å²) >= 11 is 0. The fourth-order valence-corrected chi connectivity index (χ4v) is 8.17. The Morgan fingerprint density at radius 3 is 1.78 bits per heavy atom. The van der Waals surface area contributed by atoms with Crippen LogP contribution >= 0.6 is 0 Å². The lowest BCUT2D eigenvalue weighted by molar-refractivity contribution is 0.660. The maximum Gasteiger partial charge on any atom is 0.0158 e. The van der Waals surface area contributed by atoms with Crippen LogP contribution in [0.1, 0.15) is 30.5 Å². The molecule has 0 spiro atoms. The van der Waals surface area contributed by atoms with E-state index in [0.717, 1.165) is 0 Å². The van der Waals surface area contributed by atoms with Gasteiger partial charge in [0.15, 0.2) is 0 Å². The average molecular weight is 587 g/mol. The quantitative estimate of drug-likeness (QED) is 0.181. The third-order valence-corrected chi connectivity index (χ3v) is 10.3. The molecule has 0 atom stereocenters. The van der Waals surface area contributed by atoms with Crippen LogP contribution in [0.15, 0.2) is 152 Å². The van der Waals surface area contributed by atoms with Crippen LogP contribution in [0, 0.1) is 6.92 Å². The molecule has 0 N–H and O–H groups in total. The summed E-state index contributed by atoms with van der Waals surface area (Å²) in [6.07, 6.45) is 0. The molecule has 0 aliphatic heterocycles. The van der Waals surface area contributed by atoms with E-state index in [2.05, 4.69) is 172 Å². The van der Waals surface area contributed by atoms with Gasteiger partial charge in [-0.2, -0.15) is 0 Å². The summed E-state index contributed by atoms with van der Waals surface area (Å²) in [7, 11) is 0. The zero-order valence-electron chi connectivity index (χ0n) is 26.4. The fraction of sp³-hybridized carbons (Fsp3) is 0.0870. The highest BCUT2D eigenvalue weighted by Crippen LogP contribution is 2.52. The second kappa shape index (κ2) is 10.0. The molecule has 0 unspecified atom stereocenters. The summed E-state index contributed by atoms with van der Waals surface area (Å²) in [4.78, 5) is 0. The first-order valence-corrected chi connectivity index (χ1v) is 16.3. The van der Waals surface area contributed by atoms with Crippen LogP contribution in [-0.2, 0) is 5.41 Å².